The van der Waals surface area contributed by atoms with Crippen LogP contribution in [-0.4, -0.2) is 37.7 Å². The van der Waals surface area contributed by atoms with Gasteiger partial charge in [0.25, 0.3) is 5.91 Å². The molecule has 0 saturated heterocycles. The fraction of sp³-hybridized carbons (Fsp3) is 0.263. The van der Waals surface area contributed by atoms with Crippen LogP contribution in [0.4, 0.5) is 4.39 Å². The first-order valence-electron chi connectivity index (χ1n) is 8.13. The number of hydrogen-bond donors (Lipinski definition) is 3. The summed E-state index contributed by atoms with van der Waals surface area (Å²) in [5.41, 5.74) is 1.05. The van der Waals surface area contributed by atoms with E-state index in [0.717, 1.165) is 0 Å². The predicted octanol–water partition coefficient (Wildman–Crippen LogP) is 1.38. The molecule has 0 aliphatic carbocycles. The van der Waals surface area contributed by atoms with Crippen molar-refractivity contribution in [1.82, 2.24) is 10.6 Å². The van der Waals surface area contributed by atoms with Crippen LogP contribution in [-0.2, 0) is 17.9 Å². The summed E-state index contributed by atoms with van der Waals surface area (Å²) in [6.07, 6.45) is 0. The van der Waals surface area contributed by atoms with Crippen molar-refractivity contribution in [3.63, 3.8) is 0 Å². The molecule has 0 aliphatic rings. The summed E-state index contributed by atoms with van der Waals surface area (Å²) < 4.78 is 23.8. The van der Waals surface area contributed by atoms with Gasteiger partial charge in [-0.25, -0.2) is 4.39 Å². The summed E-state index contributed by atoms with van der Waals surface area (Å²) in [5.74, 6) is -0.500. The number of halogens is 1. The Kier molecular flexibility index (Phi) is 7.13. The van der Waals surface area contributed by atoms with Crippen molar-refractivity contribution in [2.45, 2.75) is 13.2 Å². The van der Waals surface area contributed by atoms with Crippen molar-refractivity contribution < 1.29 is 28.6 Å². The Labute approximate surface area is 156 Å². The lowest BCUT2D eigenvalue weighted by Crippen LogP contribution is -2.36. The van der Waals surface area contributed by atoms with E-state index in [1.165, 1.54) is 32.4 Å². The van der Waals surface area contributed by atoms with Gasteiger partial charge in [-0.3, -0.25) is 9.59 Å². The molecule has 0 aromatic heterocycles. The number of ether oxygens (including phenoxy) is 2. The van der Waals surface area contributed by atoms with Crippen LogP contribution in [0.25, 0.3) is 0 Å². The maximum absolute atomic E-state index is 13.6. The normalized spacial score (nSPS) is 10.2. The molecule has 0 spiro atoms. The van der Waals surface area contributed by atoms with Gasteiger partial charge < -0.3 is 25.2 Å². The fourth-order valence-corrected chi connectivity index (χ4v) is 2.33. The van der Waals surface area contributed by atoms with Crippen LogP contribution in [0.5, 0.6) is 11.5 Å². The molecule has 0 radical (unpaired) electrons. The monoisotopic (exact) mass is 376 g/mol. The van der Waals surface area contributed by atoms with Crippen molar-refractivity contribution in [3.05, 3.63) is 58.9 Å². The molecule has 0 heterocycles. The Morgan fingerprint density at radius 3 is 2.41 bits per heavy atom. The molecular weight excluding hydrogens is 355 g/mol. The summed E-state index contributed by atoms with van der Waals surface area (Å²) in [6.45, 7) is -0.515. The number of benzene rings is 2. The maximum Gasteiger partial charge on any atom is 0.251 e. The smallest absolute Gasteiger partial charge is 0.251 e. The third kappa shape index (κ3) is 5.42. The lowest BCUT2D eigenvalue weighted by atomic mass is 10.1. The zero-order chi connectivity index (χ0) is 19.8. The van der Waals surface area contributed by atoms with Gasteiger partial charge in [0.05, 0.1) is 27.4 Å². The van der Waals surface area contributed by atoms with E-state index in [2.05, 4.69) is 10.6 Å². The molecular formula is C19H21FN2O5. The highest BCUT2D eigenvalue weighted by atomic mass is 19.1. The zero-order valence-corrected chi connectivity index (χ0v) is 15.0. The molecule has 144 valence electrons. The van der Waals surface area contributed by atoms with Crippen molar-refractivity contribution in [2.75, 3.05) is 20.8 Å². The molecule has 8 heteroatoms. The molecule has 2 aromatic rings. The second-order valence-electron chi connectivity index (χ2n) is 5.61. The standard InChI is InChI=1S/C19H21FN2O5/c1-26-16-6-5-13(8-17(16)27-2)19(25)22-10-18(24)21-9-12-3-4-14(11-23)15(20)7-12/h3-8,23H,9-11H2,1-2H3,(H,21,24)(H,22,25). The number of hydrogen-bond acceptors (Lipinski definition) is 5. The van der Waals surface area contributed by atoms with Crippen LogP contribution in [0, 0.1) is 5.82 Å². The molecule has 0 fully saturated rings. The van der Waals surface area contributed by atoms with Crippen LogP contribution >= 0.6 is 0 Å². The van der Waals surface area contributed by atoms with Gasteiger partial charge in [-0.05, 0) is 29.8 Å². The zero-order valence-electron chi connectivity index (χ0n) is 15.0. The van der Waals surface area contributed by atoms with Crippen molar-refractivity contribution in [1.29, 1.82) is 0 Å². The molecule has 7 nitrogen and oxygen atoms in total. The Morgan fingerprint density at radius 1 is 1.04 bits per heavy atom. The van der Waals surface area contributed by atoms with Crippen LogP contribution in [0.2, 0.25) is 0 Å². The van der Waals surface area contributed by atoms with Crippen LogP contribution < -0.4 is 20.1 Å². The topological polar surface area (TPSA) is 96.9 Å². The van der Waals surface area contributed by atoms with Gasteiger partial charge in [0, 0.05) is 17.7 Å². The fourth-order valence-electron chi connectivity index (χ4n) is 2.33. The predicted molar refractivity (Wildman–Crippen MR) is 96.0 cm³/mol. The minimum absolute atomic E-state index is 0.105. The van der Waals surface area contributed by atoms with Gasteiger partial charge in [0.15, 0.2) is 11.5 Å². The highest BCUT2D eigenvalue weighted by Gasteiger charge is 2.12. The Hall–Kier alpha value is -3.13. The number of rotatable bonds is 8. The summed E-state index contributed by atoms with van der Waals surface area (Å²) >= 11 is 0. The lowest BCUT2D eigenvalue weighted by molar-refractivity contribution is -0.120. The molecule has 0 bridgehead atoms. The number of aliphatic hydroxyl groups is 1. The third-order valence-corrected chi connectivity index (χ3v) is 3.83. The first-order valence-corrected chi connectivity index (χ1v) is 8.13. The average molecular weight is 376 g/mol. The molecule has 0 aliphatic heterocycles. The second-order valence-corrected chi connectivity index (χ2v) is 5.61. The molecule has 0 saturated carbocycles. The van der Waals surface area contributed by atoms with Crippen molar-refractivity contribution in [2.24, 2.45) is 0 Å². The van der Waals surface area contributed by atoms with E-state index in [4.69, 9.17) is 14.6 Å². The van der Waals surface area contributed by atoms with Crippen LogP contribution in [0.3, 0.4) is 0 Å². The van der Waals surface area contributed by atoms with E-state index in [0.29, 0.717) is 22.6 Å². The molecule has 27 heavy (non-hydrogen) atoms. The number of carbonyl (C=O) groups excluding carboxylic acids is 2. The van der Waals surface area contributed by atoms with Crippen LogP contribution in [0.1, 0.15) is 21.5 Å². The van der Waals surface area contributed by atoms with Gasteiger partial charge in [0.2, 0.25) is 5.91 Å². The number of aliphatic hydroxyl groups excluding tert-OH is 1. The van der Waals surface area contributed by atoms with Gasteiger partial charge >= 0.3 is 0 Å². The van der Waals surface area contributed by atoms with Crippen molar-refractivity contribution >= 4 is 11.8 Å². The van der Waals surface area contributed by atoms with E-state index >= 15 is 0 Å². The Bertz CT molecular complexity index is 826. The summed E-state index contributed by atoms with van der Waals surface area (Å²) in [6, 6.07) is 8.97. The Balaban J connectivity index is 1.86. The summed E-state index contributed by atoms with van der Waals surface area (Å²) in [7, 11) is 2.95. The van der Waals surface area contributed by atoms with E-state index < -0.39 is 17.6 Å². The minimum Gasteiger partial charge on any atom is -0.493 e. The summed E-state index contributed by atoms with van der Waals surface area (Å²) in [5, 5.41) is 14.0. The highest BCUT2D eigenvalue weighted by molar-refractivity contribution is 5.97. The van der Waals surface area contributed by atoms with E-state index in [-0.39, 0.29) is 25.3 Å². The number of carbonyl (C=O) groups is 2. The molecule has 2 amide bonds. The SMILES string of the molecule is COc1ccc(C(=O)NCC(=O)NCc2ccc(CO)c(F)c2)cc1OC. The molecule has 3 N–H and O–H groups in total. The molecule has 2 rings (SSSR count). The Morgan fingerprint density at radius 2 is 1.78 bits per heavy atom. The van der Waals surface area contributed by atoms with E-state index in [1.54, 1.807) is 18.2 Å². The highest BCUT2D eigenvalue weighted by Crippen LogP contribution is 2.27. The lowest BCUT2D eigenvalue weighted by Gasteiger charge is -2.10. The number of methoxy groups -OCH3 is 2. The van der Waals surface area contributed by atoms with E-state index in [1.807, 2.05) is 0 Å². The van der Waals surface area contributed by atoms with E-state index in [9.17, 15) is 14.0 Å². The quantitative estimate of drug-likeness (QED) is 0.647. The third-order valence-electron chi connectivity index (χ3n) is 3.83. The largest absolute Gasteiger partial charge is 0.493 e. The first kappa shape index (κ1) is 20.2. The van der Waals surface area contributed by atoms with Gasteiger partial charge in [-0.15, -0.1) is 0 Å². The molecule has 0 unspecified atom stereocenters. The summed E-state index contributed by atoms with van der Waals surface area (Å²) in [4.78, 5) is 24.0. The molecule has 0 atom stereocenters. The van der Waals surface area contributed by atoms with Crippen molar-refractivity contribution in [3.8, 4) is 11.5 Å². The van der Waals surface area contributed by atoms with Gasteiger partial charge in [0.1, 0.15) is 5.82 Å². The average Bonchev–Trinajstić information content (AvgIpc) is 2.69. The van der Waals surface area contributed by atoms with Crippen LogP contribution in [0.15, 0.2) is 36.4 Å². The maximum atomic E-state index is 13.6. The van der Waals surface area contributed by atoms with Gasteiger partial charge in [-0.2, -0.15) is 0 Å². The minimum atomic E-state index is -0.536. The first-order chi connectivity index (χ1) is 13.0. The van der Waals surface area contributed by atoms with Gasteiger partial charge in [-0.1, -0.05) is 12.1 Å². The number of amides is 2. The molecule has 2 aromatic carbocycles. The number of nitrogens with one attached hydrogen (secondary N) is 2. The second kappa shape index (κ2) is 9.54.